The van der Waals surface area contributed by atoms with Gasteiger partial charge in [0, 0.05) is 19.3 Å². The second-order valence-electron chi connectivity index (χ2n) is 5.21. The average Bonchev–Trinajstić information content (AvgIpc) is 2.56. The quantitative estimate of drug-likeness (QED) is 0.656. The minimum Gasteiger partial charge on any atom is -0.452 e. The highest BCUT2D eigenvalue weighted by molar-refractivity contribution is 7.90. The molecule has 8 nitrogen and oxygen atoms in total. The van der Waals surface area contributed by atoms with E-state index in [0.717, 1.165) is 6.26 Å². The average molecular weight is 370 g/mol. The van der Waals surface area contributed by atoms with Crippen molar-refractivity contribution in [3.05, 3.63) is 29.8 Å². The number of carbonyl (C=O) groups is 3. The van der Waals surface area contributed by atoms with E-state index in [-0.39, 0.29) is 29.5 Å². The molecule has 0 heterocycles. The van der Waals surface area contributed by atoms with Crippen molar-refractivity contribution >= 4 is 27.6 Å². The first kappa shape index (κ1) is 20.6. The van der Waals surface area contributed by atoms with Gasteiger partial charge in [0.2, 0.25) is 5.91 Å². The summed E-state index contributed by atoms with van der Waals surface area (Å²) in [6, 6.07) is 5.60. The number of nitrogens with one attached hydrogen (secondary N) is 1. The lowest BCUT2D eigenvalue weighted by atomic mass is 10.2. The van der Waals surface area contributed by atoms with Crippen LogP contribution in [0.25, 0.3) is 0 Å². The molecule has 1 N–H and O–H groups in total. The second kappa shape index (κ2) is 9.16. The lowest BCUT2D eigenvalue weighted by Crippen LogP contribution is -2.42. The molecule has 0 radical (unpaired) electrons. The molecule has 0 atom stereocenters. The number of sulfone groups is 1. The fourth-order valence-electron chi connectivity index (χ4n) is 2.06. The topological polar surface area (TPSA) is 110 Å². The Hall–Kier alpha value is -2.42. The Morgan fingerprint density at radius 2 is 1.80 bits per heavy atom. The van der Waals surface area contributed by atoms with Crippen LogP contribution in [0.3, 0.4) is 0 Å². The van der Waals surface area contributed by atoms with Gasteiger partial charge in [0.25, 0.3) is 5.91 Å². The summed E-state index contributed by atoms with van der Waals surface area (Å²) in [5.74, 6) is -1.77. The molecule has 0 aliphatic rings. The molecule has 0 unspecified atom stereocenters. The SMILES string of the molecule is CCNC(=O)CN(CC)C(=O)COC(=O)c1ccccc1S(C)(=O)=O. The maximum Gasteiger partial charge on any atom is 0.339 e. The number of esters is 1. The molecule has 0 aliphatic carbocycles. The molecular weight excluding hydrogens is 348 g/mol. The third-order valence-corrected chi connectivity index (χ3v) is 4.43. The van der Waals surface area contributed by atoms with Crippen molar-refractivity contribution in [2.24, 2.45) is 0 Å². The second-order valence-corrected chi connectivity index (χ2v) is 7.19. The van der Waals surface area contributed by atoms with E-state index >= 15 is 0 Å². The van der Waals surface area contributed by atoms with Gasteiger partial charge >= 0.3 is 5.97 Å². The van der Waals surface area contributed by atoms with Gasteiger partial charge in [0.1, 0.15) is 0 Å². The van der Waals surface area contributed by atoms with Crippen LogP contribution in [0.2, 0.25) is 0 Å². The van der Waals surface area contributed by atoms with E-state index in [0.29, 0.717) is 6.54 Å². The van der Waals surface area contributed by atoms with Gasteiger partial charge in [-0.1, -0.05) is 12.1 Å². The summed E-state index contributed by atoms with van der Waals surface area (Å²) in [6.07, 6.45) is 0.982. The molecule has 0 saturated heterocycles. The van der Waals surface area contributed by atoms with E-state index < -0.39 is 28.3 Å². The number of ether oxygens (including phenoxy) is 1. The summed E-state index contributed by atoms with van der Waals surface area (Å²) in [4.78, 5) is 36.8. The van der Waals surface area contributed by atoms with Crippen LogP contribution in [-0.2, 0) is 24.2 Å². The molecule has 0 bridgehead atoms. The Morgan fingerprint density at radius 3 is 2.36 bits per heavy atom. The normalized spacial score (nSPS) is 10.8. The summed E-state index contributed by atoms with van der Waals surface area (Å²) in [5.41, 5.74) is -0.135. The minimum absolute atomic E-state index is 0.135. The van der Waals surface area contributed by atoms with Gasteiger partial charge in [0.05, 0.1) is 17.0 Å². The molecule has 0 fully saturated rings. The molecule has 0 aromatic heterocycles. The van der Waals surface area contributed by atoms with Crippen LogP contribution < -0.4 is 5.32 Å². The van der Waals surface area contributed by atoms with Crippen molar-refractivity contribution in [3.8, 4) is 0 Å². The molecule has 25 heavy (non-hydrogen) atoms. The maximum absolute atomic E-state index is 12.1. The first-order valence-corrected chi connectivity index (χ1v) is 9.60. The molecular formula is C16H22N2O6S. The molecule has 138 valence electrons. The van der Waals surface area contributed by atoms with Crippen LogP contribution >= 0.6 is 0 Å². The van der Waals surface area contributed by atoms with Crippen molar-refractivity contribution in [1.29, 1.82) is 0 Å². The largest absolute Gasteiger partial charge is 0.452 e. The third-order valence-electron chi connectivity index (χ3n) is 3.28. The lowest BCUT2D eigenvalue weighted by molar-refractivity contribution is -0.138. The van der Waals surface area contributed by atoms with Crippen LogP contribution in [0.1, 0.15) is 24.2 Å². The summed E-state index contributed by atoms with van der Waals surface area (Å²) in [6.45, 7) is 3.45. The minimum atomic E-state index is -3.61. The first-order valence-electron chi connectivity index (χ1n) is 7.71. The Morgan fingerprint density at radius 1 is 1.16 bits per heavy atom. The summed E-state index contributed by atoms with van der Waals surface area (Å²) < 4.78 is 28.3. The third kappa shape index (κ3) is 6.18. The fraction of sp³-hybridized carbons (Fsp3) is 0.438. The van der Waals surface area contributed by atoms with E-state index in [2.05, 4.69) is 5.32 Å². The zero-order valence-electron chi connectivity index (χ0n) is 14.4. The molecule has 0 spiro atoms. The Labute approximate surface area is 147 Å². The summed E-state index contributed by atoms with van der Waals surface area (Å²) in [7, 11) is -3.61. The zero-order chi connectivity index (χ0) is 19.0. The highest BCUT2D eigenvalue weighted by Gasteiger charge is 2.21. The van der Waals surface area contributed by atoms with Crippen molar-refractivity contribution in [1.82, 2.24) is 10.2 Å². The number of benzene rings is 1. The Balaban J connectivity index is 2.76. The molecule has 2 amide bonds. The number of carbonyl (C=O) groups excluding carboxylic acids is 3. The van der Waals surface area contributed by atoms with Gasteiger partial charge in [-0.25, -0.2) is 13.2 Å². The fourth-order valence-corrected chi connectivity index (χ4v) is 2.93. The van der Waals surface area contributed by atoms with Crippen molar-refractivity contribution in [2.75, 3.05) is 32.5 Å². The first-order chi connectivity index (χ1) is 11.7. The predicted molar refractivity (Wildman–Crippen MR) is 90.8 cm³/mol. The van der Waals surface area contributed by atoms with Crippen molar-refractivity contribution in [2.45, 2.75) is 18.7 Å². The Kier molecular flexibility index (Phi) is 7.56. The van der Waals surface area contributed by atoms with E-state index in [1.165, 1.54) is 29.2 Å². The Bertz CT molecular complexity index is 745. The number of likely N-dealkylation sites (N-methyl/N-ethyl adjacent to an activating group) is 2. The van der Waals surface area contributed by atoms with Gasteiger partial charge in [0.15, 0.2) is 16.4 Å². The number of amides is 2. The number of hydrogen-bond donors (Lipinski definition) is 1. The van der Waals surface area contributed by atoms with Crippen molar-refractivity contribution < 1.29 is 27.5 Å². The molecule has 0 aliphatic heterocycles. The summed E-state index contributed by atoms with van der Waals surface area (Å²) in [5, 5.41) is 2.57. The van der Waals surface area contributed by atoms with Gasteiger partial charge in [-0.15, -0.1) is 0 Å². The van der Waals surface area contributed by atoms with Crippen LogP contribution in [0.5, 0.6) is 0 Å². The standard InChI is InChI=1S/C16H22N2O6S/c1-4-17-14(19)10-18(5-2)15(20)11-24-16(21)12-8-6-7-9-13(12)25(3,22)23/h6-9H,4-5,10-11H2,1-3H3,(H,17,19). The lowest BCUT2D eigenvalue weighted by Gasteiger charge is -2.20. The van der Waals surface area contributed by atoms with Crippen LogP contribution in [0.4, 0.5) is 0 Å². The van der Waals surface area contributed by atoms with E-state index in [9.17, 15) is 22.8 Å². The molecule has 9 heteroatoms. The monoisotopic (exact) mass is 370 g/mol. The predicted octanol–water partition coefficient (Wildman–Crippen LogP) is 0.232. The van der Waals surface area contributed by atoms with Crippen LogP contribution in [-0.4, -0.2) is 63.6 Å². The molecule has 1 rings (SSSR count). The van der Waals surface area contributed by atoms with Gasteiger partial charge in [-0.3, -0.25) is 9.59 Å². The highest BCUT2D eigenvalue weighted by Crippen LogP contribution is 2.16. The number of hydrogen-bond acceptors (Lipinski definition) is 6. The number of rotatable bonds is 8. The summed E-state index contributed by atoms with van der Waals surface area (Å²) >= 11 is 0. The van der Waals surface area contributed by atoms with E-state index in [4.69, 9.17) is 4.74 Å². The van der Waals surface area contributed by atoms with Crippen molar-refractivity contribution in [3.63, 3.8) is 0 Å². The van der Waals surface area contributed by atoms with E-state index in [1.807, 2.05) is 0 Å². The van der Waals surface area contributed by atoms with Gasteiger partial charge in [-0.05, 0) is 26.0 Å². The zero-order valence-corrected chi connectivity index (χ0v) is 15.3. The molecule has 0 saturated carbocycles. The van der Waals surface area contributed by atoms with Gasteiger partial charge < -0.3 is 15.0 Å². The smallest absolute Gasteiger partial charge is 0.339 e. The van der Waals surface area contributed by atoms with E-state index in [1.54, 1.807) is 13.8 Å². The molecule has 1 aromatic rings. The maximum atomic E-state index is 12.1. The van der Waals surface area contributed by atoms with Gasteiger partial charge in [-0.2, -0.15) is 0 Å². The van der Waals surface area contributed by atoms with Crippen LogP contribution in [0, 0.1) is 0 Å². The number of nitrogens with zero attached hydrogens (tertiary/aromatic N) is 1. The molecule has 1 aromatic carbocycles. The van der Waals surface area contributed by atoms with Crippen LogP contribution in [0.15, 0.2) is 29.2 Å². The highest BCUT2D eigenvalue weighted by atomic mass is 32.2.